The minimum absolute atomic E-state index is 0.237. The quantitative estimate of drug-likeness (QED) is 0.688. The maximum atomic E-state index is 11.1. The van der Waals surface area contributed by atoms with Crippen LogP contribution in [0.2, 0.25) is 0 Å². The Kier molecular flexibility index (Phi) is 6.68. The van der Waals surface area contributed by atoms with Gasteiger partial charge in [-0.3, -0.25) is 4.90 Å². The van der Waals surface area contributed by atoms with Gasteiger partial charge in [0.2, 0.25) is 0 Å². The van der Waals surface area contributed by atoms with Crippen LogP contribution in [-0.4, -0.2) is 44.3 Å². The monoisotopic (exact) mass is 289 g/mol. The van der Waals surface area contributed by atoms with Gasteiger partial charge in [0, 0.05) is 25.2 Å². The highest BCUT2D eigenvalue weighted by atomic mass is 35.5. The average molecular weight is 290 g/mol. The molecule has 0 unspecified atom stereocenters. The maximum absolute atomic E-state index is 11.1. The van der Waals surface area contributed by atoms with Crippen LogP contribution in [0.1, 0.15) is 12.0 Å². The minimum atomic E-state index is -2.87. The third kappa shape index (κ3) is 6.99. The van der Waals surface area contributed by atoms with Crippen molar-refractivity contribution in [1.29, 1.82) is 0 Å². The summed E-state index contributed by atoms with van der Waals surface area (Å²) in [5.74, 6) is 0.798. The molecule has 0 aliphatic carbocycles. The predicted molar refractivity (Wildman–Crippen MR) is 76.8 cm³/mol. The van der Waals surface area contributed by atoms with E-state index in [1.807, 2.05) is 18.2 Å². The molecule has 0 bridgehead atoms. The van der Waals surface area contributed by atoms with E-state index in [2.05, 4.69) is 17.0 Å². The van der Waals surface area contributed by atoms with Gasteiger partial charge in [0.1, 0.15) is 9.84 Å². The van der Waals surface area contributed by atoms with Crippen molar-refractivity contribution in [1.82, 2.24) is 4.90 Å². The van der Waals surface area contributed by atoms with Gasteiger partial charge >= 0.3 is 0 Å². The SMILES string of the molecule is CS(=O)(=O)CCCN(CCCl)Cc1ccccc1. The smallest absolute Gasteiger partial charge is 0.147 e. The molecule has 0 fully saturated rings. The summed E-state index contributed by atoms with van der Waals surface area (Å²) >= 11 is 5.77. The van der Waals surface area contributed by atoms with Crippen molar-refractivity contribution in [3.05, 3.63) is 35.9 Å². The Balaban J connectivity index is 2.45. The first-order chi connectivity index (χ1) is 8.51. The molecule has 0 aliphatic rings. The summed E-state index contributed by atoms with van der Waals surface area (Å²) in [6.07, 6.45) is 1.93. The Morgan fingerprint density at radius 2 is 1.83 bits per heavy atom. The molecule has 0 atom stereocenters. The van der Waals surface area contributed by atoms with E-state index in [0.29, 0.717) is 12.3 Å². The zero-order valence-electron chi connectivity index (χ0n) is 10.7. The highest BCUT2D eigenvalue weighted by Crippen LogP contribution is 2.05. The lowest BCUT2D eigenvalue weighted by atomic mass is 10.2. The Morgan fingerprint density at radius 1 is 1.17 bits per heavy atom. The normalized spacial score (nSPS) is 11.9. The van der Waals surface area contributed by atoms with Crippen molar-refractivity contribution in [2.45, 2.75) is 13.0 Å². The molecule has 18 heavy (non-hydrogen) atoms. The van der Waals surface area contributed by atoms with Gasteiger partial charge in [-0.25, -0.2) is 8.42 Å². The number of halogens is 1. The van der Waals surface area contributed by atoms with Crippen LogP contribution in [0.4, 0.5) is 0 Å². The molecular weight excluding hydrogens is 270 g/mol. The van der Waals surface area contributed by atoms with Crippen molar-refractivity contribution in [2.75, 3.05) is 31.0 Å². The molecular formula is C13H20ClNO2S. The third-order valence-corrected chi connectivity index (χ3v) is 3.84. The van der Waals surface area contributed by atoms with Crippen molar-refractivity contribution in [3.8, 4) is 0 Å². The second-order valence-corrected chi connectivity index (χ2v) is 7.07. The Labute approximate surface area is 115 Å². The summed E-state index contributed by atoms with van der Waals surface area (Å²) in [5, 5.41) is 0. The number of sulfone groups is 1. The molecule has 102 valence electrons. The molecule has 0 aromatic heterocycles. The van der Waals surface area contributed by atoms with Gasteiger partial charge in [-0.15, -0.1) is 11.6 Å². The third-order valence-electron chi connectivity index (χ3n) is 2.64. The van der Waals surface area contributed by atoms with Crippen molar-refractivity contribution >= 4 is 21.4 Å². The van der Waals surface area contributed by atoms with Gasteiger partial charge in [-0.2, -0.15) is 0 Å². The van der Waals surface area contributed by atoms with E-state index in [1.165, 1.54) is 11.8 Å². The molecule has 0 aliphatic heterocycles. The minimum Gasteiger partial charge on any atom is -0.298 e. The highest BCUT2D eigenvalue weighted by molar-refractivity contribution is 7.90. The second kappa shape index (κ2) is 7.77. The summed E-state index contributed by atoms with van der Waals surface area (Å²) < 4.78 is 22.2. The molecule has 0 heterocycles. The van der Waals surface area contributed by atoms with Crippen LogP contribution in [0.15, 0.2) is 30.3 Å². The molecule has 0 amide bonds. The molecule has 1 aromatic carbocycles. The standard InChI is InChI=1S/C13H20ClNO2S/c1-18(16,17)11-5-9-15(10-8-14)12-13-6-3-2-4-7-13/h2-4,6-7H,5,8-12H2,1H3. The molecule has 0 radical (unpaired) electrons. The molecule has 0 spiro atoms. The van der Waals surface area contributed by atoms with E-state index in [4.69, 9.17) is 11.6 Å². The highest BCUT2D eigenvalue weighted by Gasteiger charge is 2.07. The predicted octanol–water partition coefficient (Wildman–Crippen LogP) is 2.16. The number of benzene rings is 1. The Morgan fingerprint density at radius 3 is 2.39 bits per heavy atom. The molecule has 0 saturated heterocycles. The molecule has 1 rings (SSSR count). The van der Waals surface area contributed by atoms with Gasteiger partial charge < -0.3 is 0 Å². The molecule has 3 nitrogen and oxygen atoms in total. The molecule has 5 heteroatoms. The van der Waals surface area contributed by atoms with Crippen LogP contribution in [0.5, 0.6) is 0 Å². The Bertz CT molecular complexity index is 434. The van der Waals surface area contributed by atoms with Crippen LogP contribution in [0.25, 0.3) is 0 Å². The summed E-state index contributed by atoms with van der Waals surface area (Å²) in [4.78, 5) is 2.19. The van der Waals surface area contributed by atoms with E-state index in [9.17, 15) is 8.42 Å². The number of nitrogens with zero attached hydrogens (tertiary/aromatic N) is 1. The fraction of sp³-hybridized carbons (Fsp3) is 0.538. The van der Waals surface area contributed by atoms with Crippen LogP contribution >= 0.6 is 11.6 Å². The lowest BCUT2D eigenvalue weighted by Crippen LogP contribution is -2.27. The average Bonchev–Trinajstić information content (AvgIpc) is 2.29. The lowest BCUT2D eigenvalue weighted by Gasteiger charge is -2.21. The summed E-state index contributed by atoms with van der Waals surface area (Å²) in [7, 11) is -2.87. The van der Waals surface area contributed by atoms with E-state index < -0.39 is 9.84 Å². The lowest BCUT2D eigenvalue weighted by molar-refractivity contribution is 0.282. The summed E-state index contributed by atoms with van der Waals surface area (Å²) in [5.41, 5.74) is 1.22. The van der Waals surface area contributed by atoms with Gasteiger partial charge in [0.25, 0.3) is 0 Å². The van der Waals surface area contributed by atoms with E-state index in [0.717, 1.165) is 19.6 Å². The summed E-state index contributed by atoms with van der Waals surface area (Å²) in [6, 6.07) is 10.1. The fourth-order valence-electron chi connectivity index (χ4n) is 1.78. The van der Waals surface area contributed by atoms with E-state index in [-0.39, 0.29) is 5.75 Å². The van der Waals surface area contributed by atoms with Crippen LogP contribution < -0.4 is 0 Å². The van der Waals surface area contributed by atoms with Crippen LogP contribution in [0, 0.1) is 0 Å². The van der Waals surface area contributed by atoms with E-state index >= 15 is 0 Å². The zero-order chi connectivity index (χ0) is 13.4. The first kappa shape index (κ1) is 15.5. The largest absolute Gasteiger partial charge is 0.298 e. The van der Waals surface area contributed by atoms with Crippen molar-refractivity contribution in [3.63, 3.8) is 0 Å². The van der Waals surface area contributed by atoms with Crippen LogP contribution in [0.3, 0.4) is 0 Å². The van der Waals surface area contributed by atoms with Crippen LogP contribution in [-0.2, 0) is 16.4 Å². The topological polar surface area (TPSA) is 37.4 Å². The molecule has 0 saturated carbocycles. The maximum Gasteiger partial charge on any atom is 0.147 e. The van der Waals surface area contributed by atoms with Gasteiger partial charge in [-0.1, -0.05) is 30.3 Å². The van der Waals surface area contributed by atoms with E-state index in [1.54, 1.807) is 0 Å². The molecule has 0 N–H and O–H groups in total. The van der Waals surface area contributed by atoms with Gasteiger partial charge in [0.15, 0.2) is 0 Å². The first-order valence-electron chi connectivity index (χ1n) is 6.01. The number of hydrogen-bond acceptors (Lipinski definition) is 3. The van der Waals surface area contributed by atoms with Gasteiger partial charge in [-0.05, 0) is 18.5 Å². The zero-order valence-corrected chi connectivity index (χ0v) is 12.3. The number of rotatable bonds is 8. The first-order valence-corrected chi connectivity index (χ1v) is 8.61. The van der Waals surface area contributed by atoms with Crippen molar-refractivity contribution in [2.24, 2.45) is 0 Å². The summed E-state index contributed by atoms with van der Waals surface area (Å²) in [6.45, 7) is 2.35. The second-order valence-electron chi connectivity index (χ2n) is 4.43. The number of alkyl halides is 1. The number of hydrogen-bond donors (Lipinski definition) is 0. The van der Waals surface area contributed by atoms with Gasteiger partial charge in [0.05, 0.1) is 5.75 Å². The Hall–Kier alpha value is -0.580. The molecule has 1 aromatic rings. The van der Waals surface area contributed by atoms with Crippen molar-refractivity contribution < 1.29 is 8.42 Å². The fourth-order valence-corrected chi connectivity index (χ4v) is 2.67.